The van der Waals surface area contributed by atoms with E-state index < -0.39 is 10.3 Å². The van der Waals surface area contributed by atoms with Crippen molar-refractivity contribution in [3.63, 3.8) is 0 Å². The van der Waals surface area contributed by atoms with Crippen LogP contribution in [0.3, 0.4) is 0 Å². The first-order valence-electron chi connectivity index (χ1n) is 9.73. The highest BCUT2D eigenvalue weighted by Gasteiger charge is 2.41. The van der Waals surface area contributed by atoms with Crippen molar-refractivity contribution in [2.75, 3.05) is 11.9 Å². The van der Waals surface area contributed by atoms with E-state index in [1.165, 1.54) is 12.1 Å². The summed E-state index contributed by atoms with van der Waals surface area (Å²) in [4.78, 5) is 23.9. The van der Waals surface area contributed by atoms with Crippen molar-refractivity contribution in [2.45, 2.75) is 44.4 Å². The van der Waals surface area contributed by atoms with Gasteiger partial charge in [-0.25, -0.2) is 0 Å². The number of anilines is 1. The van der Waals surface area contributed by atoms with E-state index in [0.29, 0.717) is 36.4 Å². The minimum absolute atomic E-state index is 0.00148. The summed E-state index contributed by atoms with van der Waals surface area (Å²) in [5.74, 6) is 0.386. The van der Waals surface area contributed by atoms with E-state index in [0.717, 1.165) is 24.8 Å². The number of hydrogen-bond acceptors (Lipinski definition) is 5. The van der Waals surface area contributed by atoms with E-state index in [1.807, 2.05) is 6.92 Å². The fraction of sp³-hybridized carbons (Fsp3) is 0.364. The number of benzene rings is 2. The number of non-ortho nitro benzene ring substituents is 1. The molecule has 0 aromatic heterocycles. The molecule has 1 aliphatic carbocycles. The number of rotatable bonds is 6. The molecule has 0 spiro atoms. The van der Waals surface area contributed by atoms with Crippen molar-refractivity contribution in [1.82, 2.24) is 0 Å². The smallest absolute Gasteiger partial charge is 0.269 e. The second-order valence-corrected chi connectivity index (χ2v) is 7.15. The van der Waals surface area contributed by atoms with Gasteiger partial charge in [-0.1, -0.05) is 31.4 Å². The van der Waals surface area contributed by atoms with Crippen LogP contribution in [0.2, 0.25) is 0 Å². The number of ether oxygens (including phenoxy) is 1. The molecule has 3 rings (SSSR count). The third-order valence-electron chi connectivity index (χ3n) is 5.44. The molecular formula is C22H23N3O4. The summed E-state index contributed by atoms with van der Waals surface area (Å²) >= 11 is 0. The Bertz CT molecular complexity index is 942. The number of amides is 1. The first-order valence-corrected chi connectivity index (χ1v) is 9.73. The summed E-state index contributed by atoms with van der Waals surface area (Å²) in [7, 11) is 0. The van der Waals surface area contributed by atoms with Crippen molar-refractivity contribution >= 4 is 17.3 Å². The van der Waals surface area contributed by atoms with Gasteiger partial charge in [-0.05, 0) is 43.5 Å². The molecule has 1 aliphatic rings. The van der Waals surface area contributed by atoms with Gasteiger partial charge in [0.2, 0.25) is 5.91 Å². The summed E-state index contributed by atoms with van der Waals surface area (Å²) in [5.41, 5.74) is 0.772. The van der Waals surface area contributed by atoms with Crippen LogP contribution in [0.15, 0.2) is 42.5 Å². The Labute approximate surface area is 169 Å². The molecule has 0 unspecified atom stereocenters. The maximum absolute atomic E-state index is 13.4. The lowest BCUT2D eigenvalue weighted by Gasteiger charge is -2.36. The zero-order chi connectivity index (χ0) is 20.9. The topological polar surface area (TPSA) is 105 Å². The Balaban J connectivity index is 1.92. The van der Waals surface area contributed by atoms with Gasteiger partial charge in [0, 0.05) is 12.1 Å². The molecule has 7 nitrogen and oxygen atoms in total. The van der Waals surface area contributed by atoms with E-state index in [1.54, 1.807) is 30.3 Å². The largest absolute Gasteiger partial charge is 0.494 e. The normalized spacial score (nSPS) is 15.2. The van der Waals surface area contributed by atoms with Crippen LogP contribution in [0.5, 0.6) is 5.75 Å². The number of nitrogens with one attached hydrogen (secondary N) is 1. The molecule has 0 atom stereocenters. The Morgan fingerprint density at radius 2 is 1.90 bits per heavy atom. The van der Waals surface area contributed by atoms with Gasteiger partial charge in [-0.3, -0.25) is 14.9 Å². The minimum atomic E-state index is -0.765. The zero-order valence-corrected chi connectivity index (χ0v) is 16.3. The predicted octanol–water partition coefficient (Wildman–Crippen LogP) is 4.71. The molecule has 0 heterocycles. The molecule has 1 fully saturated rings. The molecule has 7 heteroatoms. The molecular weight excluding hydrogens is 370 g/mol. The first kappa shape index (κ1) is 20.3. The average molecular weight is 393 g/mol. The molecule has 0 saturated heterocycles. The van der Waals surface area contributed by atoms with E-state index in [2.05, 4.69) is 11.4 Å². The van der Waals surface area contributed by atoms with Gasteiger partial charge in [0.1, 0.15) is 11.8 Å². The molecule has 1 saturated carbocycles. The predicted molar refractivity (Wildman–Crippen MR) is 109 cm³/mol. The quantitative estimate of drug-likeness (QED) is 0.565. The molecule has 150 valence electrons. The lowest BCUT2D eigenvalue weighted by Crippen LogP contribution is -2.42. The zero-order valence-electron chi connectivity index (χ0n) is 16.3. The van der Waals surface area contributed by atoms with E-state index >= 15 is 0 Å². The first-order chi connectivity index (χ1) is 14.0. The summed E-state index contributed by atoms with van der Waals surface area (Å²) < 4.78 is 5.43. The van der Waals surface area contributed by atoms with Crippen LogP contribution in [0, 0.1) is 21.4 Å². The summed E-state index contributed by atoms with van der Waals surface area (Å²) in [6.45, 7) is 2.35. The highest BCUT2D eigenvalue weighted by molar-refractivity contribution is 6.00. The van der Waals surface area contributed by atoms with Crippen molar-refractivity contribution in [3.05, 3.63) is 63.7 Å². The molecule has 2 aromatic carbocycles. The van der Waals surface area contributed by atoms with Crippen molar-refractivity contribution in [2.24, 2.45) is 0 Å². The monoisotopic (exact) mass is 393 g/mol. The van der Waals surface area contributed by atoms with Crippen LogP contribution in [-0.4, -0.2) is 17.4 Å². The Kier molecular flexibility index (Phi) is 6.13. The number of nitrogens with zero attached hydrogens (tertiary/aromatic N) is 2. The van der Waals surface area contributed by atoms with Gasteiger partial charge in [0.15, 0.2) is 0 Å². The molecule has 0 bridgehead atoms. The third-order valence-corrected chi connectivity index (χ3v) is 5.44. The molecule has 0 aliphatic heterocycles. The molecule has 2 aromatic rings. The minimum Gasteiger partial charge on any atom is -0.494 e. The number of carbonyl (C=O) groups is 1. The Morgan fingerprint density at radius 1 is 1.21 bits per heavy atom. The number of nitriles is 1. The summed E-state index contributed by atoms with van der Waals surface area (Å²) in [6.07, 6.45) is 4.18. The van der Waals surface area contributed by atoms with Gasteiger partial charge in [-0.2, -0.15) is 5.26 Å². The van der Waals surface area contributed by atoms with Crippen LogP contribution in [0.1, 0.15) is 50.2 Å². The van der Waals surface area contributed by atoms with Gasteiger partial charge in [0.25, 0.3) is 5.69 Å². The van der Waals surface area contributed by atoms with Crippen LogP contribution < -0.4 is 10.1 Å². The van der Waals surface area contributed by atoms with Gasteiger partial charge >= 0.3 is 0 Å². The van der Waals surface area contributed by atoms with Crippen molar-refractivity contribution in [3.8, 4) is 11.8 Å². The molecule has 1 amide bonds. The highest BCUT2D eigenvalue weighted by atomic mass is 16.6. The average Bonchev–Trinajstić information content (AvgIpc) is 2.75. The summed E-state index contributed by atoms with van der Waals surface area (Å²) in [6, 6.07) is 13.3. The van der Waals surface area contributed by atoms with Crippen molar-refractivity contribution in [1.29, 1.82) is 5.26 Å². The Hall–Kier alpha value is -3.40. The van der Waals surface area contributed by atoms with Gasteiger partial charge in [0.05, 0.1) is 28.2 Å². The summed E-state index contributed by atoms with van der Waals surface area (Å²) in [5, 5.41) is 23.4. The second kappa shape index (κ2) is 8.74. The van der Waals surface area contributed by atoms with E-state index in [-0.39, 0.29) is 11.6 Å². The van der Waals surface area contributed by atoms with E-state index in [4.69, 9.17) is 4.74 Å². The lowest BCUT2D eigenvalue weighted by molar-refractivity contribution is -0.384. The van der Waals surface area contributed by atoms with Crippen LogP contribution in [0.25, 0.3) is 0 Å². The van der Waals surface area contributed by atoms with Crippen LogP contribution in [-0.2, 0) is 10.2 Å². The standard InChI is InChI=1S/C22H23N3O4/c1-2-29-19-10-11-20(16(14-19)15-23)24-21(26)22(12-4-3-5-13-22)17-6-8-18(9-7-17)25(27)28/h6-11,14H,2-5,12-13H2,1H3,(H,24,26). The fourth-order valence-electron chi connectivity index (χ4n) is 3.93. The number of carbonyl (C=O) groups excluding carboxylic acids is 1. The maximum Gasteiger partial charge on any atom is 0.269 e. The van der Waals surface area contributed by atoms with Gasteiger partial charge < -0.3 is 10.1 Å². The Morgan fingerprint density at radius 3 is 2.48 bits per heavy atom. The van der Waals surface area contributed by atoms with E-state index in [9.17, 15) is 20.2 Å². The van der Waals surface area contributed by atoms with Crippen molar-refractivity contribution < 1.29 is 14.5 Å². The van der Waals surface area contributed by atoms with Gasteiger partial charge in [-0.15, -0.1) is 0 Å². The fourth-order valence-corrected chi connectivity index (χ4v) is 3.93. The molecule has 0 radical (unpaired) electrons. The number of nitro groups is 1. The highest BCUT2D eigenvalue weighted by Crippen LogP contribution is 2.41. The SMILES string of the molecule is CCOc1ccc(NC(=O)C2(c3ccc([N+](=O)[O-])cc3)CCCCC2)c(C#N)c1. The number of hydrogen-bond donors (Lipinski definition) is 1. The second-order valence-electron chi connectivity index (χ2n) is 7.15. The molecule has 29 heavy (non-hydrogen) atoms. The lowest BCUT2D eigenvalue weighted by atomic mass is 9.68. The van der Waals surface area contributed by atoms with Crippen LogP contribution >= 0.6 is 0 Å². The maximum atomic E-state index is 13.4. The van der Waals surface area contributed by atoms with Crippen LogP contribution in [0.4, 0.5) is 11.4 Å². The molecule has 1 N–H and O–H groups in total. The number of nitro benzene ring substituents is 1. The third kappa shape index (κ3) is 4.21.